The maximum absolute atomic E-state index is 11.9. The molecule has 1 fully saturated rings. The summed E-state index contributed by atoms with van der Waals surface area (Å²) in [6, 6.07) is 0. The molecule has 4 nitrogen and oxygen atoms in total. The Kier molecular flexibility index (Phi) is 2.73. The fourth-order valence-corrected chi connectivity index (χ4v) is 3.43. The van der Waals surface area contributed by atoms with Gasteiger partial charge in [-0.1, -0.05) is 0 Å². The quantitative estimate of drug-likeness (QED) is 0.803. The van der Waals surface area contributed by atoms with E-state index in [9.17, 15) is 4.79 Å². The van der Waals surface area contributed by atoms with E-state index in [1.165, 1.54) is 12.2 Å². The van der Waals surface area contributed by atoms with Crippen molar-refractivity contribution in [3.63, 3.8) is 0 Å². The van der Waals surface area contributed by atoms with Gasteiger partial charge in [-0.05, 0) is 18.6 Å². The van der Waals surface area contributed by atoms with Crippen molar-refractivity contribution in [2.24, 2.45) is 0 Å². The molecule has 5 heteroatoms. The third-order valence-corrected chi connectivity index (χ3v) is 4.47. The second-order valence-electron chi connectivity index (χ2n) is 4.18. The molecular weight excluding hydrogens is 224 g/mol. The first-order chi connectivity index (χ1) is 7.84. The molecule has 0 aliphatic carbocycles. The molecule has 3 rings (SSSR count). The minimum Gasteiger partial charge on any atom is -0.376 e. The largest absolute Gasteiger partial charge is 0.376 e. The van der Waals surface area contributed by atoms with Crippen LogP contribution in [-0.4, -0.2) is 22.3 Å². The van der Waals surface area contributed by atoms with Crippen molar-refractivity contribution in [3.8, 4) is 0 Å². The van der Waals surface area contributed by atoms with Crippen molar-refractivity contribution in [1.82, 2.24) is 9.97 Å². The van der Waals surface area contributed by atoms with Crippen molar-refractivity contribution in [2.75, 3.05) is 12.4 Å². The Bertz CT molecular complexity index is 452. The molecule has 0 spiro atoms. The zero-order valence-corrected chi connectivity index (χ0v) is 9.81. The lowest BCUT2D eigenvalue weighted by atomic mass is 10.1. The summed E-state index contributed by atoms with van der Waals surface area (Å²) in [7, 11) is 0. The van der Waals surface area contributed by atoms with Crippen LogP contribution >= 0.6 is 11.8 Å². The highest BCUT2D eigenvalue weighted by molar-refractivity contribution is 7.99. The average Bonchev–Trinajstić information content (AvgIpc) is 2.82. The molecule has 86 valence electrons. The van der Waals surface area contributed by atoms with Gasteiger partial charge in [-0.15, -0.1) is 0 Å². The van der Waals surface area contributed by atoms with E-state index in [0.717, 1.165) is 29.9 Å². The van der Waals surface area contributed by atoms with Crippen LogP contribution in [0, 0.1) is 0 Å². The summed E-state index contributed by atoms with van der Waals surface area (Å²) >= 11 is 1.89. The number of hydrogen-bond acceptors (Lipinski definition) is 4. The zero-order valence-electron chi connectivity index (χ0n) is 8.99. The summed E-state index contributed by atoms with van der Waals surface area (Å²) in [5.74, 6) is 2.04. The highest BCUT2D eigenvalue weighted by Crippen LogP contribution is 2.37. The summed E-state index contributed by atoms with van der Waals surface area (Å²) in [5.41, 5.74) is 1.66. The molecular formula is C11H14N2O2S. The summed E-state index contributed by atoms with van der Waals surface area (Å²) < 4.78 is 5.28. The number of fused-ring (bicyclic) bond motifs is 1. The first-order valence-corrected chi connectivity index (χ1v) is 6.71. The molecule has 0 saturated carbocycles. The second-order valence-corrected chi connectivity index (χ2v) is 5.49. The number of rotatable bonds is 1. The Balaban J connectivity index is 2.01. The Labute approximate surface area is 97.8 Å². The first-order valence-electron chi connectivity index (χ1n) is 5.66. The maximum atomic E-state index is 11.9. The molecule has 1 unspecified atom stereocenters. The second kappa shape index (κ2) is 4.22. The van der Waals surface area contributed by atoms with Crippen LogP contribution in [0.25, 0.3) is 0 Å². The lowest BCUT2D eigenvalue weighted by Crippen LogP contribution is -2.25. The van der Waals surface area contributed by atoms with E-state index >= 15 is 0 Å². The number of thioether (sulfide) groups is 1. The highest BCUT2D eigenvalue weighted by atomic mass is 32.2. The van der Waals surface area contributed by atoms with Crippen LogP contribution in [0.4, 0.5) is 0 Å². The predicted octanol–water partition coefficient (Wildman–Crippen LogP) is 1.41. The average molecular weight is 238 g/mol. The lowest BCUT2D eigenvalue weighted by molar-refractivity contribution is 0.108. The fourth-order valence-electron chi connectivity index (χ4n) is 2.21. The lowest BCUT2D eigenvalue weighted by Gasteiger charge is -2.16. The predicted molar refractivity (Wildman–Crippen MR) is 62.7 cm³/mol. The molecule has 1 atom stereocenters. The van der Waals surface area contributed by atoms with Crippen LogP contribution in [-0.2, 0) is 17.8 Å². The van der Waals surface area contributed by atoms with Gasteiger partial charge in [-0.2, -0.15) is 11.8 Å². The van der Waals surface area contributed by atoms with Crippen molar-refractivity contribution >= 4 is 11.8 Å². The number of ether oxygens (including phenoxy) is 1. The van der Waals surface area contributed by atoms with Gasteiger partial charge >= 0.3 is 0 Å². The molecule has 2 aliphatic rings. The van der Waals surface area contributed by atoms with Gasteiger partial charge < -0.3 is 9.72 Å². The molecule has 1 N–H and O–H groups in total. The molecule has 0 amide bonds. The molecule has 0 bridgehead atoms. The van der Waals surface area contributed by atoms with Gasteiger partial charge in [-0.25, -0.2) is 4.98 Å². The standard InChI is InChI=1S/C11H14N2O2S/c14-11-7-6-15-4-3-8(7)12-10(13-11)9-2-1-5-16-9/h9H,1-6H2,(H,12,13,14). The normalized spacial score (nSPS) is 24.4. The van der Waals surface area contributed by atoms with Crippen LogP contribution in [0.1, 0.15) is 35.2 Å². The summed E-state index contributed by atoms with van der Waals surface area (Å²) in [6.45, 7) is 1.09. The smallest absolute Gasteiger partial charge is 0.256 e. The number of aromatic nitrogens is 2. The monoisotopic (exact) mass is 238 g/mol. The summed E-state index contributed by atoms with van der Waals surface area (Å²) in [6.07, 6.45) is 3.12. The molecule has 3 heterocycles. The van der Waals surface area contributed by atoms with E-state index in [1.54, 1.807) is 0 Å². The van der Waals surface area contributed by atoms with Gasteiger partial charge in [0, 0.05) is 6.42 Å². The highest BCUT2D eigenvalue weighted by Gasteiger charge is 2.23. The van der Waals surface area contributed by atoms with Crippen molar-refractivity contribution < 1.29 is 4.74 Å². The molecule has 1 aromatic heterocycles. The number of nitrogens with one attached hydrogen (secondary N) is 1. The Morgan fingerprint density at radius 3 is 3.25 bits per heavy atom. The SMILES string of the molecule is O=c1[nH]c(C2CCCS2)nc2c1COCC2. The van der Waals surface area contributed by atoms with E-state index in [1.807, 2.05) is 11.8 Å². The first kappa shape index (κ1) is 10.4. The van der Waals surface area contributed by atoms with E-state index in [-0.39, 0.29) is 5.56 Å². The minimum atomic E-state index is -0.00722. The Morgan fingerprint density at radius 2 is 2.44 bits per heavy atom. The van der Waals surface area contributed by atoms with E-state index in [4.69, 9.17) is 4.74 Å². The number of H-pyrrole nitrogens is 1. The van der Waals surface area contributed by atoms with Gasteiger partial charge in [-0.3, -0.25) is 4.79 Å². The van der Waals surface area contributed by atoms with E-state index < -0.39 is 0 Å². The molecule has 2 aliphatic heterocycles. The van der Waals surface area contributed by atoms with Gasteiger partial charge in [0.15, 0.2) is 0 Å². The Hall–Kier alpha value is -0.810. The molecule has 16 heavy (non-hydrogen) atoms. The van der Waals surface area contributed by atoms with Crippen molar-refractivity contribution in [2.45, 2.75) is 31.1 Å². The van der Waals surface area contributed by atoms with E-state index in [0.29, 0.717) is 18.5 Å². The van der Waals surface area contributed by atoms with Gasteiger partial charge in [0.1, 0.15) is 5.82 Å². The molecule has 1 saturated heterocycles. The molecule has 0 radical (unpaired) electrons. The van der Waals surface area contributed by atoms with Crippen LogP contribution < -0.4 is 5.56 Å². The Morgan fingerprint density at radius 1 is 1.50 bits per heavy atom. The third-order valence-electron chi connectivity index (χ3n) is 3.08. The summed E-state index contributed by atoms with van der Waals surface area (Å²) in [5, 5.41) is 0.390. The van der Waals surface area contributed by atoms with Crippen molar-refractivity contribution in [1.29, 1.82) is 0 Å². The van der Waals surface area contributed by atoms with Crippen LogP contribution in [0.3, 0.4) is 0 Å². The van der Waals surface area contributed by atoms with Crippen LogP contribution in [0.5, 0.6) is 0 Å². The van der Waals surface area contributed by atoms with Gasteiger partial charge in [0.2, 0.25) is 0 Å². The maximum Gasteiger partial charge on any atom is 0.256 e. The molecule has 1 aromatic rings. The topological polar surface area (TPSA) is 55.0 Å². The van der Waals surface area contributed by atoms with Gasteiger partial charge in [0.05, 0.1) is 29.7 Å². The fraction of sp³-hybridized carbons (Fsp3) is 0.636. The molecule has 0 aromatic carbocycles. The number of hydrogen-bond donors (Lipinski definition) is 1. The van der Waals surface area contributed by atoms with E-state index in [2.05, 4.69) is 9.97 Å². The van der Waals surface area contributed by atoms with Crippen LogP contribution in [0.2, 0.25) is 0 Å². The zero-order chi connectivity index (χ0) is 11.0. The third kappa shape index (κ3) is 1.78. The van der Waals surface area contributed by atoms with Gasteiger partial charge in [0.25, 0.3) is 5.56 Å². The number of nitrogens with zero attached hydrogens (tertiary/aromatic N) is 1. The number of aromatic amines is 1. The van der Waals surface area contributed by atoms with Crippen molar-refractivity contribution in [3.05, 3.63) is 27.4 Å². The summed E-state index contributed by atoms with van der Waals surface area (Å²) in [4.78, 5) is 19.4. The minimum absolute atomic E-state index is 0.00722. The van der Waals surface area contributed by atoms with Crippen LogP contribution in [0.15, 0.2) is 4.79 Å².